The fraction of sp³-hybridized carbons (Fsp3) is 0.222. The Morgan fingerprint density at radius 2 is 1.38 bits per heavy atom. The van der Waals surface area contributed by atoms with Gasteiger partial charge in [0.2, 0.25) is 0 Å². The lowest BCUT2D eigenvalue weighted by Crippen LogP contribution is -2.44. The number of amides is 3. The Morgan fingerprint density at radius 3 is 1.94 bits per heavy atom. The number of urea groups is 1. The van der Waals surface area contributed by atoms with Crippen LogP contribution in [0.1, 0.15) is 35.3 Å². The fourth-order valence-corrected chi connectivity index (χ4v) is 3.47. The first-order valence-corrected chi connectivity index (χ1v) is 11.0. The van der Waals surface area contributed by atoms with Gasteiger partial charge in [-0.25, -0.2) is 9.59 Å². The lowest BCUT2D eigenvalue weighted by molar-refractivity contribution is -0.140. The Bertz CT molecular complexity index is 1190. The molecule has 1 atom stereocenters. The van der Waals surface area contributed by atoms with Crippen LogP contribution in [0, 0.1) is 19.8 Å². The number of benzene rings is 3. The topological polar surface area (TPSA) is 108 Å². The molecule has 0 saturated carbocycles. The summed E-state index contributed by atoms with van der Waals surface area (Å²) in [6.07, 6.45) is 0. The third kappa shape index (κ3) is 6.01. The monoisotopic (exact) mass is 459 g/mol. The van der Waals surface area contributed by atoms with Crippen LogP contribution in [0.3, 0.4) is 0 Å². The summed E-state index contributed by atoms with van der Waals surface area (Å²) in [6, 6.07) is 18.8. The molecule has 0 radical (unpaired) electrons. The minimum Gasteiger partial charge on any atom is -0.480 e. The highest BCUT2D eigenvalue weighted by Gasteiger charge is 2.23. The molecule has 0 spiro atoms. The number of carboxylic acid groups (broad SMARTS) is 1. The Hall–Kier alpha value is -4.13. The van der Waals surface area contributed by atoms with Gasteiger partial charge >= 0.3 is 12.0 Å². The smallest absolute Gasteiger partial charge is 0.326 e. The van der Waals surface area contributed by atoms with E-state index in [1.54, 1.807) is 50.2 Å². The van der Waals surface area contributed by atoms with E-state index in [4.69, 9.17) is 0 Å². The van der Waals surface area contributed by atoms with E-state index in [-0.39, 0.29) is 11.9 Å². The number of anilines is 2. The van der Waals surface area contributed by atoms with Gasteiger partial charge in [0.25, 0.3) is 5.91 Å². The Balaban J connectivity index is 1.63. The van der Waals surface area contributed by atoms with Crippen LogP contribution < -0.4 is 16.0 Å². The molecule has 3 aromatic rings. The van der Waals surface area contributed by atoms with Crippen LogP contribution >= 0.6 is 0 Å². The molecule has 176 valence electrons. The highest BCUT2D eigenvalue weighted by atomic mass is 16.4. The predicted molar refractivity (Wildman–Crippen MR) is 134 cm³/mol. The molecule has 3 amide bonds. The van der Waals surface area contributed by atoms with E-state index < -0.39 is 17.9 Å². The van der Waals surface area contributed by atoms with Crippen LogP contribution in [-0.2, 0) is 4.79 Å². The van der Waals surface area contributed by atoms with Crippen molar-refractivity contribution >= 4 is 29.3 Å². The van der Waals surface area contributed by atoms with E-state index >= 15 is 0 Å². The lowest BCUT2D eigenvalue weighted by atomic mass is 10.0. The molecule has 0 bridgehead atoms. The van der Waals surface area contributed by atoms with E-state index in [0.717, 1.165) is 27.9 Å². The minimum atomic E-state index is -1.06. The van der Waals surface area contributed by atoms with Crippen LogP contribution in [-0.4, -0.2) is 29.1 Å². The average Bonchev–Trinajstić information content (AvgIpc) is 2.80. The zero-order valence-electron chi connectivity index (χ0n) is 19.7. The van der Waals surface area contributed by atoms with E-state index in [1.807, 2.05) is 44.2 Å². The minimum absolute atomic E-state index is 0.226. The first-order valence-electron chi connectivity index (χ1n) is 11.0. The largest absolute Gasteiger partial charge is 0.480 e. The molecule has 34 heavy (non-hydrogen) atoms. The van der Waals surface area contributed by atoms with Crippen molar-refractivity contribution in [3.63, 3.8) is 0 Å². The predicted octanol–water partition coefficient (Wildman–Crippen LogP) is 5.45. The summed E-state index contributed by atoms with van der Waals surface area (Å²) in [5.74, 6) is -1.71. The number of carbonyl (C=O) groups excluding carboxylic acids is 2. The molecular weight excluding hydrogens is 430 g/mol. The SMILES string of the molecule is Cc1cccc(NC(=O)Nc2ccc(-c3ccc(C(=O)N[C@H](C(=O)O)C(C)C)cc3)cc2)c1C. The number of carbonyl (C=O) groups is 3. The van der Waals surface area contributed by atoms with Gasteiger partial charge in [0.1, 0.15) is 6.04 Å². The van der Waals surface area contributed by atoms with Crippen molar-refractivity contribution in [1.29, 1.82) is 0 Å². The maximum atomic E-state index is 12.4. The van der Waals surface area contributed by atoms with Crippen molar-refractivity contribution in [2.24, 2.45) is 5.92 Å². The number of hydrogen-bond donors (Lipinski definition) is 4. The highest BCUT2D eigenvalue weighted by Crippen LogP contribution is 2.23. The van der Waals surface area contributed by atoms with E-state index in [1.165, 1.54) is 0 Å². The van der Waals surface area contributed by atoms with Crippen LogP contribution in [0.25, 0.3) is 11.1 Å². The molecule has 3 rings (SSSR count). The van der Waals surface area contributed by atoms with Crippen molar-refractivity contribution in [3.8, 4) is 11.1 Å². The molecule has 0 heterocycles. The zero-order valence-corrected chi connectivity index (χ0v) is 19.7. The Labute approximate surface area is 199 Å². The number of nitrogens with one attached hydrogen (secondary N) is 3. The van der Waals surface area contributed by atoms with Crippen molar-refractivity contribution in [3.05, 3.63) is 83.4 Å². The standard InChI is InChI=1S/C27H29N3O4/c1-16(2)24(26(32)33)30-25(31)21-10-8-19(9-11-21)20-12-14-22(15-13-20)28-27(34)29-23-7-5-6-17(3)18(23)4/h5-16,24H,1-4H3,(H,30,31)(H,32,33)(H2,28,29,34)/t24-/m0/s1. The van der Waals surface area contributed by atoms with E-state index in [2.05, 4.69) is 16.0 Å². The van der Waals surface area contributed by atoms with Gasteiger partial charge in [-0.1, -0.05) is 50.2 Å². The van der Waals surface area contributed by atoms with Gasteiger partial charge in [-0.2, -0.15) is 0 Å². The van der Waals surface area contributed by atoms with Gasteiger partial charge in [-0.3, -0.25) is 4.79 Å². The van der Waals surface area contributed by atoms with Crippen LogP contribution in [0.5, 0.6) is 0 Å². The Morgan fingerprint density at radius 1 is 0.794 bits per heavy atom. The summed E-state index contributed by atoms with van der Waals surface area (Å²) in [6.45, 7) is 7.44. The summed E-state index contributed by atoms with van der Waals surface area (Å²) in [5.41, 5.74) is 5.73. The quantitative estimate of drug-likeness (QED) is 0.377. The first-order chi connectivity index (χ1) is 16.2. The summed E-state index contributed by atoms with van der Waals surface area (Å²) < 4.78 is 0. The summed E-state index contributed by atoms with van der Waals surface area (Å²) in [5, 5.41) is 17.5. The maximum absolute atomic E-state index is 12.4. The summed E-state index contributed by atoms with van der Waals surface area (Å²) in [7, 11) is 0. The molecule has 7 heteroatoms. The molecule has 0 aromatic heterocycles. The molecule has 0 aliphatic carbocycles. The highest BCUT2D eigenvalue weighted by molar-refractivity contribution is 6.00. The van der Waals surface area contributed by atoms with Gasteiger partial charge in [0.05, 0.1) is 0 Å². The summed E-state index contributed by atoms with van der Waals surface area (Å²) >= 11 is 0. The van der Waals surface area contributed by atoms with Crippen molar-refractivity contribution in [1.82, 2.24) is 5.32 Å². The number of hydrogen-bond acceptors (Lipinski definition) is 3. The third-order valence-electron chi connectivity index (χ3n) is 5.70. The van der Waals surface area contributed by atoms with Gasteiger partial charge in [0.15, 0.2) is 0 Å². The van der Waals surface area contributed by atoms with Crippen LogP contribution in [0.15, 0.2) is 66.7 Å². The normalized spacial score (nSPS) is 11.6. The molecule has 0 aliphatic rings. The average molecular weight is 460 g/mol. The molecular formula is C27H29N3O4. The van der Waals surface area contributed by atoms with Gasteiger partial charge < -0.3 is 21.1 Å². The molecule has 0 saturated heterocycles. The number of carboxylic acids is 1. The zero-order chi connectivity index (χ0) is 24.8. The van der Waals surface area contributed by atoms with Crippen molar-refractivity contribution in [2.75, 3.05) is 10.6 Å². The second-order valence-electron chi connectivity index (χ2n) is 8.51. The lowest BCUT2D eigenvalue weighted by Gasteiger charge is -2.18. The Kier molecular flexibility index (Phi) is 7.68. The molecule has 7 nitrogen and oxygen atoms in total. The van der Waals surface area contributed by atoms with Gasteiger partial charge in [-0.05, 0) is 72.4 Å². The summed E-state index contributed by atoms with van der Waals surface area (Å²) in [4.78, 5) is 36.1. The van der Waals surface area contributed by atoms with Gasteiger partial charge in [0, 0.05) is 16.9 Å². The molecule has 3 aromatic carbocycles. The molecule has 0 aliphatic heterocycles. The fourth-order valence-electron chi connectivity index (χ4n) is 3.47. The first kappa shape index (κ1) is 24.5. The number of rotatable bonds is 7. The van der Waals surface area contributed by atoms with Gasteiger partial charge in [-0.15, -0.1) is 0 Å². The molecule has 0 fully saturated rings. The second kappa shape index (κ2) is 10.7. The van der Waals surface area contributed by atoms with Crippen molar-refractivity contribution < 1.29 is 19.5 Å². The third-order valence-corrected chi connectivity index (χ3v) is 5.70. The molecule has 4 N–H and O–H groups in total. The van der Waals surface area contributed by atoms with E-state index in [0.29, 0.717) is 11.3 Å². The van der Waals surface area contributed by atoms with E-state index in [9.17, 15) is 19.5 Å². The molecule has 0 unspecified atom stereocenters. The maximum Gasteiger partial charge on any atom is 0.326 e. The van der Waals surface area contributed by atoms with Crippen LogP contribution in [0.2, 0.25) is 0 Å². The number of aliphatic carboxylic acids is 1. The van der Waals surface area contributed by atoms with Crippen molar-refractivity contribution in [2.45, 2.75) is 33.7 Å². The van der Waals surface area contributed by atoms with Crippen LogP contribution in [0.4, 0.5) is 16.2 Å². The number of aryl methyl sites for hydroxylation is 1. The second-order valence-corrected chi connectivity index (χ2v) is 8.51.